The highest BCUT2D eigenvalue weighted by atomic mass is 16.7. The number of aliphatic carboxylic acids is 1. The van der Waals surface area contributed by atoms with E-state index in [4.69, 9.17) is 5.11 Å². The number of rotatable bonds is 5. The van der Waals surface area contributed by atoms with Gasteiger partial charge in [0.15, 0.2) is 6.61 Å². The fourth-order valence-electron chi connectivity index (χ4n) is 1.15. The van der Waals surface area contributed by atoms with Gasteiger partial charge in [-0.1, -0.05) is 30.3 Å². The summed E-state index contributed by atoms with van der Waals surface area (Å²) >= 11 is 0. The van der Waals surface area contributed by atoms with Crippen LogP contribution in [0.25, 0.3) is 0 Å². The minimum atomic E-state index is -1.13. The summed E-state index contributed by atoms with van der Waals surface area (Å²) in [6, 6.07) is 9.16. The van der Waals surface area contributed by atoms with E-state index >= 15 is 0 Å². The Morgan fingerprint density at radius 2 is 2.00 bits per heavy atom. The SMILES string of the molecule is CC(C(=O)NOCC(=O)O)c1ccccc1. The first-order valence-electron chi connectivity index (χ1n) is 4.79. The van der Waals surface area contributed by atoms with Crippen LogP contribution >= 0.6 is 0 Å². The molecule has 1 aromatic rings. The van der Waals surface area contributed by atoms with Crippen molar-refractivity contribution in [3.63, 3.8) is 0 Å². The molecule has 16 heavy (non-hydrogen) atoms. The van der Waals surface area contributed by atoms with Gasteiger partial charge in [0.2, 0.25) is 0 Å². The number of hydrogen-bond donors (Lipinski definition) is 2. The summed E-state index contributed by atoms with van der Waals surface area (Å²) in [4.78, 5) is 26.1. The first kappa shape index (κ1) is 12.2. The maximum atomic E-state index is 11.5. The van der Waals surface area contributed by atoms with Crippen LogP contribution in [0.4, 0.5) is 0 Å². The van der Waals surface area contributed by atoms with Crippen molar-refractivity contribution in [1.82, 2.24) is 5.48 Å². The molecule has 1 unspecified atom stereocenters. The molecule has 0 aliphatic heterocycles. The van der Waals surface area contributed by atoms with Crippen LogP contribution in [0, 0.1) is 0 Å². The zero-order valence-corrected chi connectivity index (χ0v) is 8.84. The van der Waals surface area contributed by atoms with E-state index in [1.165, 1.54) is 0 Å². The van der Waals surface area contributed by atoms with Crippen LogP contribution in [-0.4, -0.2) is 23.6 Å². The minimum absolute atomic E-state index is 0.368. The summed E-state index contributed by atoms with van der Waals surface area (Å²) in [7, 11) is 0. The van der Waals surface area contributed by atoms with Crippen molar-refractivity contribution in [2.75, 3.05) is 6.61 Å². The van der Waals surface area contributed by atoms with Crippen molar-refractivity contribution in [2.45, 2.75) is 12.8 Å². The third-order valence-corrected chi connectivity index (χ3v) is 2.06. The van der Waals surface area contributed by atoms with E-state index in [0.29, 0.717) is 0 Å². The summed E-state index contributed by atoms with van der Waals surface area (Å²) in [5, 5.41) is 8.31. The van der Waals surface area contributed by atoms with Gasteiger partial charge in [-0.05, 0) is 12.5 Å². The fraction of sp³-hybridized carbons (Fsp3) is 0.273. The van der Waals surface area contributed by atoms with E-state index in [-0.39, 0.29) is 11.8 Å². The van der Waals surface area contributed by atoms with Crippen LogP contribution in [0.3, 0.4) is 0 Å². The summed E-state index contributed by atoms with van der Waals surface area (Å²) < 4.78 is 0. The van der Waals surface area contributed by atoms with E-state index < -0.39 is 12.6 Å². The lowest BCUT2D eigenvalue weighted by Gasteiger charge is -2.11. The van der Waals surface area contributed by atoms with Gasteiger partial charge in [0, 0.05) is 0 Å². The second-order valence-electron chi connectivity index (χ2n) is 3.28. The quantitative estimate of drug-likeness (QED) is 0.728. The highest BCUT2D eigenvalue weighted by molar-refractivity contribution is 5.82. The third-order valence-electron chi connectivity index (χ3n) is 2.06. The van der Waals surface area contributed by atoms with Gasteiger partial charge in [-0.25, -0.2) is 10.3 Å². The smallest absolute Gasteiger partial charge is 0.332 e. The van der Waals surface area contributed by atoms with Crippen LogP contribution in [0.1, 0.15) is 18.4 Å². The first-order valence-corrected chi connectivity index (χ1v) is 4.79. The summed E-state index contributed by atoms with van der Waals surface area (Å²) in [5.41, 5.74) is 2.94. The molecule has 5 heteroatoms. The number of hydrogen-bond acceptors (Lipinski definition) is 3. The van der Waals surface area contributed by atoms with Crippen LogP contribution < -0.4 is 5.48 Å². The van der Waals surface area contributed by atoms with Gasteiger partial charge >= 0.3 is 5.97 Å². The van der Waals surface area contributed by atoms with Crippen molar-refractivity contribution in [1.29, 1.82) is 0 Å². The van der Waals surface area contributed by atoms with Crippen molar-refractivity contribution in [3.05, 3.63) is 35.9 Å². The predicted octanol–water partition coefficient (Wildman–Crippen LogP) is 0.922. The number of amides is 1. The Bertz CT molecular complexity index is 364. The molecule has 0 spiro atoms. The Kier molecular flexibility index (Phi) is 4.47. The van der Waals surface area contributed by atoms with Crippen molar-refractivity contribution in [2.24, 2.45) is 0 Å². The Morgan fingerprint density at radius 3 is 2.56 bits per heavy atom. The second-order valence-corrected chi connectivity index (χ2v) is 3.28. The lowest BCUT2D eigenvalue weighted by molar-refractivity contribution is -0.149. The molecule has 1 amide bonds. The lowest BCUT2D eigenvalue weighted by atomic mass is 10.0. The average molecular weight is 223 g/mol. The second kappa shape index (κ2) is 5.87. The Balaban J connectivity index is 2.45. The fourth-order valence-corrected chi connectivity index (χ4v) is 1.15. The molecule has 0 heterocycles. The Morgan fingerprint density at radius 1 is 1.38 bits per heavy atom. The van der Waals surface area contributed by atoms with Crippen molar-refractivity contribution < 1.29 is 19.5 Å². The molecule has 0 saturated heterocycles. The standard InChI is InChI=1S/C11H13NO4/c1-8(9-5-3-2-4-6-9)11(15)12-16-7-10(13)14/h2-6,8H,7H2,1H3,(H,12,15)(H,13,14). The van der Waals surface area contributed by atoms with E-state index in [9.17, 15) is 9.59 Å². The first-order chi connectivity index (χ1) is 7.61. The largest absolute Gasteiger partial charge is 0.479 e. The molecule has 0 aliphatic carbocycles. The van der Waals surface area contributed by atoms with Gasteiger partial charge in [0.05, 0.1) is 5.92 Å². The zero-order chi connectivity index (χ0) is 12.0. The van der Waals surface area contributed by atoms with E-state index in [1.54, 1.807) is 6.92 Å². The third kappa shape index (κ3) is 3.70. The van der Waals surface area contributed by atoms with Crippen LogP contribution in [0.5, 0.6) is 0 Å². The minimum Gasteiger partial charge on any atom is -0.479 e. The maximum Gasteiger partial charge on any atom is 0.332 e. The van der Waals surface area contributed by atoms with Crippen molar-refractivity contribution >= 4 is 11.9 Å². The number of carboxylic acids is 1. The topological polar surface area (TPSA) is 75.6 Å². The van der Waals surface area contributed by atoms with Crippen LogP contribution in [0.2, 0.25) is 0 Å². The molecule has 5 nitrogen and oxygen atoms in total. The number of nitrogens with one attached hydrogen (secondary N) is 1. The lowest BCUT2D eigenvalue weighted by Crippen LogP contribution is -2.30. The van der Waals surface area contributed by atoms with E-state index in [1.807, 2.05) is 30.3 Å². The number of carboxylic acid groups (broad SMARTS) is 1. The molecule has 1 atom stereocenters. The predicted molar refractivity (Wildman–Crippen MR) is 56.6 cm³/mol. The molecule has 0 saturated carbocycles. The van der Waals surface area contributed by atoms with Gasteiger partial charge in [0.25, 0.3) is 5.91 Å². The van der Waals surface area contributed by atoms with E-state index in [0.717, 1.165) is 5.56 Å². The number of carbonyl (C=O) groups is 2. The Hall–Kier alpha value is -1.88. The summed E-state index contributed by atoms with van der Waals surface area (Å²) in [5.74, 6) is -1.88. The molecule has 1 aromatic carbocycles. The zero-order valence-electron chi connectivity index (χ0n) is 8.84. The van der Waals surface area contributed by atoms with Crippen molar-refractivity contribution in [3.8, 4) is 0 Å². The molecular weight excluding hydrogens is 210 g/mol. The average Bonchev–Trinajstić information content (AvgIpc) is 2.28. The molecule has 0 aliphatic rings. The number of carbonyl (C=O) groups excluding carboxylic acids is 1. The van der Waals surface area contributed by atoms with Gasteiger partial charge in [-0.15, -0.1) is 0 Å². The normalized spacial score (nSPS) is 11.8. The molecule has 2 N–H and O–H groups in total. The molecule has 0 radical (unpaired) electrons. The summed E-state index contributed by atoms with van der Waals surface area (Å²) in [6.07, 6.45) is 0. The molecule has 0 fully saturated rings. The number of hydroxylamine groups is 1. The van der Waals surface area contributed by atoms with Gasteiger partial charge in [-0.2, -0.15) is 0 Å². The molecular formula is C11H13NO4. The van der Waals surface area contributed by atoms with Gasteiger partial charge < -0.3 is 5.11 Å². The Labute approximate surface area is 93.0 Å². The molecule has 86 valence electrons. The summed E-state index contributed by atoms with van der Waals surface area (Å²) in [6.45, 7) is 1.17. The maximum absolute atomic E-state index is 11.5. The monoisotopic (exact) mass is 223 g/mol. The van der Waals surface area contributed by atoms with Gasteiger partial charge in [-0.3, -0.25) is 9.63 Å². The highest BCUT2D eigenvalue weighted by Crippen LogP contribution is 2.13. The van der Waals surface area contributed by atoms with Gasteiger partial charge in [0.1, 0.15) is 0 Å². The molecule has 0 bridgehead atoms. The van der Waals surface area contributed by atoms with Crippen LogP contribution in [-0.2, 0) is 14.4 Å². The highest BCUT2D eigenvalue weighted by Gasteiger charge is 2.14. The van der Waals surface area contributed by atoms with Crippen LogP contribution in [0.15, 0.2) is 30.3 Å². The number of benzene rings is 1. The molecule has 0 aromatic heterocycles. The van der Waals surface area contributed by atoms with E-state index in [2.05, 4.69) is 10.3 Å². The molecule has 1 rings (SSSR count).